The second-order valence-corrected chi connectivity index (χ2v) is 8.51. The summed E-state index contributed by atoms with van der Waals surface area (Å²) in [6, 6.07) is 8.10. The van der Waals surface area contributed by atoms with Crippen LogP contribution in [0, 0.1) is 5.92 Å². The number of nitrogens with zero attached hydrogens (tertiary/aromatic N) is 3. The number of piperazine rings is 1. The lowest BCUT2D eigenvalue weighted by Gasteiger charge is -2.33. The SMILES string of the molecule is C[C@H]1CN(c2cc(C(N)=O)cc(-c3ccnc(CC4CCCCC4)c3)n2)CCN1. The molecule has 6 heteroatoms. The number of aromatic nitrogens is 2. The molecule has 6 nitrogen and oxygen atoms in total. The first-order valence-electron chi connectivity index (χ1n) is 10.8. The number of rotatable bonds is 5. The van der Waals surface area contributed by atoms with Gasteiger partial charge in [-0.25, -0.2) is 4.98 Å². The Kier molecular flexibility index (Phi) is 6.09. The van der Waals surface area contributed by atoms with E-state index in [2.05, 4.69) is 28.2 Å². The summed E-state index contributed by atoms with van der Waals surface area (Å²) in [5.74, 6) is 1.12. The number of nitrogens with one attached hydrogen (secondary N) is 1. The molecule has 1 saturated carbocycles. The molecule has 3 N–H and O–H groups in total. The molecule has 1 atom stereocenters. The zero-order valence-corrected chi connectivity index (χ0v) is 17.2. The maximum atomic E-state index is 12.0. The number of hydrogen-bond donors (Lipinski definition) is 2. The normalized spacial score (nSPS) is 20.6. The highest BCUT2D eigenvalue weighted by molar-refractivity contribution is 5.94. The van der Waals surface area contributed by atoms with Crippen LogP contribution in [-0.4, -0.2) is 41.6 Å². The third-order valence-electron chi connectivity index (χ3n) is 6.12. The summed E-state index contributed by atoms with van der Waals surface area (Å²) >= 11 is 0. The van der Waals surface area contributed by atoms with E-state index in [1.807, 2.05) is 18.3 Å². The highest BCUT2D eigenvalue weighted by atomic mass is 16.1. The van der Waals surface area contributed by atoms with Crippen LogP contribution in [0.4, 0.5) is 5.82 Å². The lowest BCUT2D eigenvalue weighted by atomic mass is 9.86. The molecule has 1 aliphatic carbocycles. The number of anilines is 1. The van der Waals surface area contributed by atoms with Gasteiger partial charge in [-0.1, -0.05) is 32.1 Å². The van der Waals surface area contributed by atoms with Crippen molar-refractivity contribution in [2.45, 2.75) is 51.5 Å². The molecule has 1 saturated heterocycles. The van der Waals surface area contributed by atoms with Crippen molar-refractivity contribution in [1.82, 2.24) is 15.3 Å². The van der Waals surface area contributed by atoms with Crippen molar-refractivity contribution in [2.24, 2.45) is 11.7 Å². The summed E-state index contributed by atoms with van der Waals surface area (Å²) in [6.45, 7) is 4.78. The van der Waals surface area contributed by atoms with Gasteiger partial charge in [0.1, 0.15) is 5.82 Å². The standard InChI is InChI=1S/C23H31N5O/c1-16-15-28(10-9-25-16)22-14-19(23(24)29)13-21(27-22)18-7-8-26-20(12-18)11-17-5-3-2-4-6-17/h7-8,12-14,16-17,25H,2-6,9-11,15H2,1H3,(H2,24,29)/t16-/m0/s1. The van der Waals surface area contributed by atoms with E-state index in [0.717, 1.165) is 54.7 Å². The Bertz CT molecular complexity index is 862. The minimum absolute atomic E-state index is 0.384. The van der Waals surface area contributed by atoms with Crippen LogP contribution in [0.5, 0.6) is 0 Å². The molecule has 2 aliphatic rings. The summed E-state index contributed by atoms with van der Waals surface area (Å²) in [6.07, 6.45) is 9.50. The van der Waals surface area contributed by atoms with E-state index >= 15 is 0 Å². The molecule has 0 unspecified atom stereocenters. The molecule has 3 heterocycles. The zero-order valence-electron chi connectivity index (χ0n) is 17.2. The molecule has 0 radical (unpaired) electrons. The van der Waals surface area contributed by atoms with Gasteiger partial charge in [0.25, 0.3) is 0 Å². The Balaban J connectivity index is 1.63. The second-order valence-electron chi connectivity index (χ2n) is 8.51. The average molecular weight is 394 g/mol. The minimum atomic E-state index is -0.422. The van der Waals surface area contributed by atoms with Crippen molar-refractivity contribution in [3.63, 3.8) is 0 Å². The van der Waals surface area contributed by atoms with E-state index in [-0.39, 0.29) is 0 Å². The summed E-state index contributed by atoms with van der Waals surface area (Å²) in [5.41, 5.74) is 9.03. The van der Waals surface area contributed by atoms with Crippen molar-refractivity contribution in [3.05, 3.63) is 41.7 Å². The molecular weight excluding hydrogens is 362 g/mol. The quantitative estimate of drug-likeness (QED) is 0.815. The predicted octanol–water partition coefficient (Wildman–Crippen LogP) is 3.16. The summed E-state index contributed by atoms with van der Waals surface area (Å²) in [7, 11) is 0. The average Bonchev–Trinajstić information content (AvgIpc) is 2.74. The van der Waals surface area contributed by atoms with Crippen LogP contribution in [-0.2, 0) is 6.42 Å². The fourth-order valence-corrected chi connectivity index (χ4v) is 4.54. The van der Waals surface area contributed by atoms with E-state index in [4.69, 9.17) is 10.7 Å². The Morgan fingerprint density at radius 2 is 2.07 bits per heavy atom. The molecular formula is C23H31N5O. The molecule has 0 bridgehead atoms. The summed E-state index contributed by atoms with van der Waals surface area (Å²) in [5, 5.41) is 3.44. The van der Waals surface area contributed by atoms with Gasteiger partial charge in [-0.3, -0.25) is 9.78 Å². The van der Waals surface area contributed by atoms with Crippen molar-refractivity contribution in [3.8, 4) is 11.3 Å². The third kappa shape index (κ3) is 4.93. The lowest BCUT2D eigenvalue weighted by Crippen LogP contribution is -2.49. The first-order valence-corrected chi connectivity index (χ1v) is 10.8. The predicted molar refractivity (Wildman–Crippen MR) is 116 cm³/mol. The Morgan fingerprint density at radius 1 is 1.24 bits per heavy atom. The van der Waals surface area contributed by atoms with Crippen LogP contribution in [0.3, 0.4) is 0 Å². The topological polar surface area (TPSA) is 84.1 Å². The molecule has 2 aromatic heterocycles. The first-order chi connectivity index (χ1) is 14.1. The first kappa shape index (κ1) is 19.8. The van der Waals surface area contributed by atoms with Crippen LogP contribution in [0.15, 0.2) is 30.5 Å². The largest absolute Gasteiger partial charge is 0.366 e. The van der Waals surface area contributed by atoms with Crippen molar-refractivity contribution in [1.29, 1.82) is 0 Å². The fraction of sp³-hybridized carbons (Fsp3) is 0.522. The van der Waals surface area contributed by atoms with Gasteiger partial charge in [0.2, 0.25) is 5.91 Å². The Hall–Kier alpha value is -2.47. The number of amides is 1. The van der Waals surface area contributed by atoms with Gasteiger partial charge in [-0.05, 0) is 43.5 Å². The third-order valence-corrected chi connectivity index (χ3v) is 6.12. The molecule has 29 heavy (non-hydrogen) atoms. The van der Waals surface area contributed by atoms with E-state index in [0.29, 0.717) is 11.6 Å². The maximum Gasteiger partial charge on any atom is 0.248 e. The molecule has 0 aromatic carbocycles. The number of primary amides is 1. The number of carbonyl (C=O) groups is 1. The highest BCUT2D eigenvalue weighted by Crippen LogP contribution is 2.28. The Labute approximate surface area is 172 Å². The fourth-order valence-electron chi connectivity index (χ4n) is 4.54. The van der Waals surface area contributed by atoms with Gasteiger partial charge in [0.15, 0.2) is 0 Å². The van der Waals surface area contributed by atoms with Crippen LogP contribution in [0.25, 0.3) is 11.3 Å². The van der Waals surface area contributed by atoms with E-state index < -0.39 is 5.91 Å². The van der Waals surface area contributed by atoms with Crippen molar-refractivity contribution < 1.29 is 4.79 Å². The van der Waals surface area contributed by atoms with E-state index in [9.17, 15) is 4.79 Å². The van der Waals surface area contributed by atoms with Crippen molar-refractivity contribution in [2.75, 3.05) is 24.5 Å². The highest BCUT2D eigenvalue weighted by Gasteiger charge is 2.20. The van der Waals surface area contributed by atoms with Gasteiger partial charge < -0.3 is 16.0 Å². The van der Waals surface area contributed by atoms with Crippen LogP contribution >= 0.6 is 0 Å². The summed E-state index contributed by atoms with van der Waals surface area (Å²) in [4.78, 5) is 23.7. The monoisotopic (exact) mass is 393 g/mol. The van der Waals surface area contributed by atoms with Gasteiger partial charge in [0.05, 0.1) is 5.69 Å². The number of carbonyl (C=O) groups excluding carboxylic acids is 1. The second kappa shape index (κ2) is 8.91. The zero-order chi connectivity index (χ0) is 20.2. The van der Waals surface area contributed by atoms with Crippen LogP contribution in [0.2, 0.25) is 0 Å². The Morgan fingerprint density at radius 3 is 2.83 bits per heavy atom. The molecule has 2 fully saturated rings. The molecule has 4 rings (SSSR count). The van der Waals surface area contributed by atoms with Gasteiger partial charge >= 0.3 is 0 Å². The molecule has 2 aromatic rings. The molecule has 154 valence electrons. The van der Waals surface area contributed by atoms with Crippen LogP contribution < -0.4 is 16.0 Å². The summed E-state index contributed by atoms with van der Waals surface area (Å²) < 4.78 is 0. The number of nitrogens with two attached hydrogens (primary N) is 1. The van der Waals surface area contributed by atoms with Crippen LogP contribution in [0.1, 0.15) is 55.1 Å². The smallest absolute Gasteiger partial charge is 0.248 e. The van der Waals surface area contributed by atoms with E-state index in [1.165, 1.54) is 32.1 Å². The lowest BCUT2D eigenvalue weighted by molar-refractivity contribution is 0.1000. The minimum Gasteiger partial charge on any atom is -0.366 e. The molecule has 0 spiro atoms. The van der Waals surface area contributed by atoms with Crippen molar-refractivity contribution >= 4 is 11.7 Å². The number of pyridine rings is 2. The molecule has 1 aliphatic heterocycles. The molecule has 1 amide bonds. The maximum absolute atomic E-state index is 12.0. The number of hydrogen-bond acceptors (Lipinski definition) is 5. The van der Waals surface area contributed by atoms with E-state index in [1.54, 1.807) is 6.07 Å². The van der Waals surface area contributed by atoms with Gasteiger partial charge in [-0.15, -0.1) is 0 Å². The van der Waals surface area contributed by atoms with Gasteiger partial charge in [-0.2, -0.15) is 0 Å². The van der Waals surface area contributed by atoms with Gasteiger partial charge in [0, 0.05) is 48.7 Å².